The highest BCUT2D eigenvalue weighted by Crippen LogP contribution is 2.09. The van der Waals surface area contributed by atoms with Gasteiger partial charge >= 0.3 is 5.97 Å². The van der Waals surface area contributed by atoms with Gasteiger partial charge in [0.15, 0.2) is 11.6 Å². The second-order valence-corrected chi connectivity index (χ2v) is 4.62. The van der Waals surface area contributed by atoms with Crippen molar-refractivity contribution >= 4 is 16.1 Å². The number of ether oxygens (including phenoxy) is 1. The Morgan fingerprint density at radius 1 is 1.29 bits per heavy atom. The predicted molar refractivity (Wildman–Crippen MR) is 53.1 cm³/mol. The zero-order valence-corrected chi connectivity index (χ0v) is 9.21. The highest BCUT2D eigenvalue weighted by Gasteiger charge is 2.12. The maximum absolute atomic E-state index is 12.7. The first kappa shape index (κ1) is 13.5. The van der Waals surface area contributed by atoms with Gasteiger partial charge in [-0.25, -0.2) is 13.6 Å². The van der Waals surface area contributed by atoms with Gasteiger partial charge in [-0.3, -0.25) is 4.55 Å². The molecular weight excluding hydrogens is 258 g/mol. The van der Waals surface area contributed by atoms with Crippen molar-refractivity contribution in [1.29, 1.82) is 0 Å². The van der Waals surface area contributed by atoms with Crippen LogP contribution < -0.4 is 0 Å². The normalized spacial score (nSPS) is 11.2. The molecule has 0 fully saturated rings. The topological polar surface area (TPSA) is 80.7 Å². The lowest BCUT2D eigenvalue weighted by molar-refractivity contribution is 0.0527. The monoisotopic (exact) mass is 266 g/mol. The van der Waals surface area contributed by atoms with Crippen molar-refractivity contribution in [2.75, 3.05) is 12.4 Å². The van der Waals surface area contributed by atoms with Crippen LogP contribution in [0.5, 0.6) is 0 Å². The van der Waals surface area contributed by atoms with Crippen LogP contribution in [0.3, 0.4) is 0 Å². The molecule has 0 unspecified atom stereocenters. The molecule has 94 valence electrons. The van der Waals surface area contributed by atoms with Crippen molar-refractivity contribution in [1.82, 2.24) is 0 Å². The van der Waals surface area contributed by atoms with E-state index in [1.165, 1.54) is 0 Å². The Labute approximate surface area is 95.8 Å². The van der Waals surface area contributed by atoms with E-state index in [4.69, 9.17) is 4.55 Å². The van der Waals surface area contributed by atoms with Gasteiger partial charge < -0.3 is 4.74 Å². The molecule has 0 saturated carbocycles. The number of benzene rings is 1. The van der Waals surface area contributed by atoms with Crippen LogP contribution in [0.4, 0.5) is 8.78 Å². The van der Waals surface area contributed by atoms with Crippen LogP contribution in [-0.2, 0) is 14.9 Å². The summed E-state index contributed by atoms with van der Waals surface area (Å²) in [7, 11) is -4.23. The maximum Gasteiger partial charge on any atom is 0.338 e. The van der Waals surface area contributed by atoms with E-state index in [1.54, 1.807) is 0 Å². The number of hydrogen-bond donors (Lipinski definition) is 1. The van der Waals surface area contributed by atoms with Crippen molar-refractivity contribution in [3.05, 3.63) is 35.4 Å². The number of carbonyl (C=O) groups is 1. The van der Waals surface area contributed by atoms with Crippen LogP contribution in [0.15, 0.2) is 18.2 Å². The molecular formula is C9H8F2O5S. The third-order valence-electron chi connectivity index (χ3n) is 1.73. The van der Waals surface area contributed by atoms with Gasteiger partial charge in [-0.15, -0.1) is 0 Å². The van der Waals surface area contributed by atoms with E-state index in [0.717, 1.165) is 12.1 Å². The molecule has 5 nitrogen and oxygen atoms in total. The van der Waals surface area contributed by atoms with Crippen molar-refractivity contribution in [3.8, 4) is 0 Å². The van der Waals surface area contributed by atoms with E-state index < -0.39 is 40.1 Å². The van der Waals surface area contributed by atoms with Crippen LogP contribution >= 0.6 is 0 Å². The average Bonchev–Trinajstić information content (AvgIpc) is 2.20. The summed E-state index contributed by atoms with van der Waals surface area (Å²) >= 11 is 0. The average molecular weight is 266 g/mol. The Morgan fingerprint density at radius 2 is 1.94 bits per heavy atom. The number of rotatable bonds is 4. The quantitative estimate of drug-likeness (QED) is 0.649. The van der Waals surface area contributed by atoms with Gasteiger partial charge in [0.1, 0.15) is 12.4 Å². The van der Waals surface area contributed by atoms with Gasteiger partial charge in [0.05, 0.1) is 5.56 Å². The minimum absolute atomic E-state index is 0.251. The first-order valence-corrected chi connectivity index (χ1v) is 5.98. The highest BCUT2D eigenvalue weighted by molar-refractivity contribution is 7.85. The Morgan fingerprint density at radius 3 is 2.47 bits per heavy atom. The largest absolute Gasteiger partial charge is 0.461 e. The number of halogens is 2. The van der Waals surface area contributed by atoms with Crippen LogP contribution in [0.25, 0.3) is 0 Å². The second kappa shape index (κ2) is 5.19. The Hall–Kier alpha value is -1.54. The molecule has 0 atom stereocenters. The van der Waals surface area contributed by atoms with Gasteiger partial charge in [-0.2, -0.15) is 8.42 Å². The van der Waals surface area contributed by atoms with E-state index >= 15 is 0 Å². The lowest BCUT2D eigenvalue weighted by Gasteiger charge is -2.03. The molecule has 1 rings (SSSR count). The first-order chi connectivity index (χ1) is 7.79. The van der Waals surface area contributed by atoms with Crippen LogP contribution in [-0.4, -0.2) is 31.3 Å². The smallest absolute Gasteiger partial charge is 0.338 e. The maximum atomic E-state index is 12.7. The van der Waals surface area contributed by atoms with Crippen LogP contribution in [0.1, 0.15) is 10.4 Å². The molecule has 0 amide bonds. The summed E-state index contributed by atoms with van der Waals surface area (Å²) in [6.07, 6.45) is 0. The minimum Gasteiger partial charge on any atom is -0.461 e. The molecule has 0 aliphatic heterocycles. The molecule has 0 spiro atoms. The van der Waals surface area contributed by atoms with Crippen molar-refractivity contribution in [2.45, 2.75) is 0 Å². The summed E-state index contributed by atoms with van der Waals surface area (Å²) in [6, 6.07) is 2.37. The zero-order chi connectivity index (χ0) is 13.1. The summed E-state index contributed by atoms with van der Waals surface area (Å²) in [5, 5.41) is 0. The lowest BCUT2D eigenvalue weighted by atomic mass is 10.2. The fourth-order valence-corrected chi connectivity index (χ4v) is 1.24. The molecule has 1 aromatic rings. The van der Waals surface area contributed by atoms with E-state index in [1.807, 2.05) is 0 Å². The van der Waals surface area contributed by atoms with E-state index in [9.17, 15) is 22.0 Å². The van der Waals surface area contributed by atoms with Gasteiger partial charge in [-0.05, 0) is 18.2 Å². The number of carbonyl (C=O) groups excluding carboxylic acids is 1. The van der Waals surface area contributed by atoms with E-state index in [-0.39, 0.29) is 5.56 Å². The summed E-state index contributed by atoms with van der Waals surface area (Å²) < 4.78 is 58.7. The Kier molecular flexibility index (Phi) is 4.13. The Bertz CT molecular complexity index is 526. The van der Waals surface area contributed by atoms with Gasteiger partial charge in [0, 0.05) is 0 Å². The van der Waals surface area contributed by atoms with Crippen molar-refractivity contribution < 1.29 is 31.3 Å². The van der Waals surface area contributed by atoms with E-state index in [2.05, 4.69) is 4.74 Å². The minimum atomic E-state index is -4.23. The first-order valence-electron chi connectivity index (χ1n) is 4.37. The Balaban J connectivity index is 2.61. The summed E-state index contributed by atoms with van der Waals surface area (Å²) in [6.45, 7) is -0.573. The van der Waals surface area contributed by atoms with Crippen molar-refractivity contribution in [2.24, 2.45) is 0 Å². The van der Waals surface area contributed by atoms with Gasteiger partial charge in [0.25, 0.3) is 10.1 Å². The predicted octanol–water partition coefficient (Wildman–Crippen LogP) is 1.01. The molecule has 8 heteroatoms. The molecule has 0 bridgehead atoms. The zero-order valence-electron chi connectivity index (χ0n) is 8.39. The molecule has 0 radical (unpaired) electrons. The summed E-state index contributed by atoms with van der Waals surface area (Å²) in [4.78, 5) is 11.2. The molecule has 1 aromatic carbocycles. The highest BCUT2D eigenvalue weighted by atomic mass is 32.2. The van der Waals surface area contributed by atoms with Crippen molar-refractivity contribution in [3.63, 3.8) is 0 Å². The molecule has 17 heavy (non-hydrogen) atoms. The molecule has 0 saturated heterocycles. The molecule has 0 aromatic heterocycles. The van der Waals surface area contributed by atoms with Gasteiger partial charge in [0.2, 0.25) is 0 Å². The molecule has 0 aliphatic rings. The number of hydrogen-bond acceptors (Lipinski definition) is 4. The molecule has 1 N–H and O–H groups in total. The molecule has 0 heterocycles. The third-order valence-corrected chi connectivity index (χ3v) is 2.41. The fraction of sp³-hybridized carbons (Fsp3) is 0.222. The number of esters is 1. The third kappa shape index (κ3) is 4.45. The SMILES string of the molecule is O=C(OCCS(=O)(=O)O)c1ccc(F)c(F)c1. The van der Waals surface area contributed by atoms with E-state index in [0.29, 0.717) is 6.07 Å². The van der Waals surface area contributed by atoms with Gasteiger partial charge in [-0.1, -0.05) is 0 Å². The molecule has 0 aliphatic carbocycles. The standard InChI is InChI=1S/C9H8F2O5S/c10-7-2-1-6(5-8(7)11)9(12)16-3-4-17(13,14)15/h1-2,5H,3-4H2,(H,13,14,15). The van der Waals surface area contributed by atoms with Crippen LogP contribution in [0, 0.1) is 11.6 Å². The second-order valence-electron chi connectivity index (χ2n) is 3.05. The summed E-state index contributed by atoms with van der Waals surface area (Å²) in [5.41, 5.74) is -0.251. The summed E-state index contributed by atoms with van der Waals surface area (Å²) in [5.74, 6) is -4.09. The fourth-order valence-electron chi connectivity index (χ4n) is 0.946. The lowest BCUT2D eigenvalue weighted by Crippen LogP contribution is -2.14. The van der Waals surface area contributed by atoms with Crippen LogP contribution in [0.2, 0.25) is 0 Å².